The molecule has 2 unspecified atom stereocenters. The number of aliphatic hydroxyl groups is 1. The predicted molar refractivity (Wildman–Crippen MR) is 87.5 cm³/mol. The summed E-state index contributed by atoms with van der Waals surface area (Å²) < 4.78 is 13.0. The minimum atomic E-state index is -0.578. The summed E-state index contributed by atoms with van der Waals surface area (Å²) in [6.45, 7) is 1.77. The highest BCUT2D eigenvalue weighted by molar-refractivity contribution is 5.27. The molecule has 0 amide bonds. The molecule has 2 N–H and O–H groups in total. The van der Waals surface area contributed by atoms with E-state index in [-0.39, 0.29) is 11.6 Å². The van der Waals surface area contributed by atoms with Gasteiger partial charge in [0.1, 0.15) is 11.6 Å². The molecule has 2 aromatic rings. The van der Waals surface area contributed by atoms with E-state index in [1.165, 1.54) is 12.1 Å². The number of phenols is 1. The van der Waals surface area contributed by atoms with Crippen molar-refractivity contribution in [2.45, 2.75) is 38.0 Å². The Balaban J connectivity index is 1.63. The van der Waals surface area contributed by atoms with Crippen LogP contribution >= 0.6 is 0 Å². The summed E-state index contributed by atoms with van der Waals surface area (Å²) in [6.07, 6.45) is 2.23. The molecule has 1 aliphatic heterocycles. The third-order valence-corrected chi connectivity index (χ3v) is 4.55. The lowest BCUT2D eigenvalue weighted by Crippen LogP contribution is -2.30. The van der Waals surface area contributed by atoms with Crippen molar-refractivity contribution >= 4 is 0 Å². The Kier molecular flexibility index (Phi) is 4.94. The molecule has 0 saturated carbocycles. The number of likely N-dealkylation sites (tertiary alicyclic amines) is 1. The molecule has 3 rings (SSSR count). The van der Waals surface area contributed by atoms with E-state index in [9.17, 15) is 14.6 Å². The van der Waals surface area contributed by atoms with Crippen LogP contribution in [0.4, 0.5) is 4.39 Å². The van der Waals surface area contributed by atoms with Crippen LogP contribution in [0.3, 0.4) is 0 Å². The lowest BCUT2D eigenvalue weighted by molar-refractivity contribution is 0.118. The molecule has 1 fully saturated rings. The van der Waals surface area contributed by atoms with Crippen molar-refractivity contribution in [1.29, 1.82) is 0 Å². The molecule has 0 radical (unpaired) electrons. The van der Waals surface area contributed by atoms with Crippen LogP contribution in [0.15, 0.2) is 48.5 Å². The minimum absolute atomic E-state index is 0.282. The van der Waals surface area contributed by atoms with Crippen molar-refractivity contribution in [3.05, 3.63) is 65.5 Å². The quantitative estimate of drug-likeness (QED) is 0.886. The van der Waals surface area contributed by atoms with E-state index >= 15 is 0 Å². The number of hydrogen-bond donors (Lipinski definition) is 2. The number of nitrogens with zero attached hydrogens (tertiary/aromatic N) is 1. The zero-order valence-electron chi connectivity index (χ0n) is 13.0. The zero-order valence-corrected chi connectivity index (χ0v) is 13.0. The van der Waals surface area contributed by atoms with Gasteiger partial charge in [-0.25, -0.2) is 4.39 Å². The summed E-state index contributed by atoms with van der Waals surface area (Å²) in [5, 5.41) is 20.0. The van der Waals surface area contributed by atoms with Gasteiger partial charge < -0.3 is 10.2 Å². The molecular weight excluding hydrogens is 293 g/mol. The van der Waals surface area contributed by atoms with E-state index in [0.29, 0.717) is 12.5 Å². The van der Waals surface area contributed by atoms with Crippen molar-refractivity contribution in [2.75, 3.05) is 6.54 Å². The van der Waals surface area contributed by atoms with E-state index in [1.807, 2.05) is 12.1 Å². The molecule has 0 bridgehead atoms. The Morgan fingerprint density at radius 3 is 2.70 bits per heavy atom. The number of hydrogen-bond acceptors (Lipinski definition) is 3. The number of benzene rings is 2. The van der Waals surface area contributed by atoms with E-state index in [1.54, 1.807) is 24.3 Å². The number of phenolic OH excluding ortho intramolecular Hbond substituents is 1. The summed E-state index contributed by atoms with van der Waals surface area (Å²) in [5.41, 5.74) is 1.84. The fourth-order valence-corrected chi connectivity index (χ4v) is 3.34. The Hall–Kier alpha value is -1.91. The van der Waals surface area contributed by atoms with Crippen LogP contribution in [0.5, 0.6) is 5.75 Å². The first kappa shape index (κ1) is 16.0. The van der Waals surface area contributed by atoms with Gasteiger partial charge >= 0.3 is 0 Å². The van der Waals surface area contributed by atoms with Gasteiger partial charge in [0.05, 0.1) is 6.10 Å². The third kappa shape index (κ3) is 4.09. The van der Waals surface area contributed by atoms with Crippen LogP contribution in [0, 0.1) is 5.82 Å². The SMILES string of the molecule is Oc1cccc(CN2CCCC2CC(O)c2ccc(F)cc2)c1. The predicted octanol–water partition coefficient (Wildman–Crippen LogP) is 3.62. The maximum Gasteiger partial charge on any atom is 0.123 e. The first-order chi connectivity index (χ1) is 11.1. The second kappa shape index (κ2) is 7.11. The molecule has 23 heavy (non-hydrogen) atoms. The van der Waals surface area contributed by atoms with Gasteiger partial charge in [-0.15, -0.1) is 0 Å². The molecule has 122 valence electrons. The smallest absolute Gasteiger partial charge is 0.123 e. The lowest BCUT2D eigenvalue weighted by atomic mass is 10.00. The van der Waals surface area contributed by atoms with Crippen LogP contribution in [-0.2, 0) is 6.54 Å². The minimum Gasteiger partial charge on any atom is -0.508 e. The topological polar surface area (TPSA) is 43.7 Å². The normalized spacial score (nSPS) is 19.8. The van der Waals surface area contributed by atoms with Gasteiger partial charge in [-0.2, -0.15) is 0 Å². The van der Waals surface area contributed by atoms with Crippen LogP contribution in [-0.4, -0.2) is 27.7 Å². The first-order valence-corrected chi connectivity index (χ1v) is 8.07. The number of rotatable bonds is 5. The van der Waals surface area contributed by atoms with Gasteiger partial charge in [-0.3, -0.25) is 4.90 Å². The maximum absolute atomic E-state index is 13.0. The van der Waals surface area contributed by atoms with Gasteiger partial charge in [0.25, 0.3) is 0 Å². The average Bonchev–Trinajstić information content (AvgIpc) is 2.95. The van der Waals surface area contributed by atoms with Gasteiger partial charge in [0.15, 0.2) is 0 Å². The lowest BCUT2D eigenvalue weighted by Gasteiger charge is -2.26. The van der Waals surface area contributed by atoms with Crippen LogP contribution in [0.1, 0.15) is 36.5 Å². The van der Waals surface area contributed by atoms with Crippen molar-refractivity contribution in [2.24, 2.45) is 0 Å². The van der Waals surface area contributed by atoms with Crippen molar-refractivity contribution < 1.29 is 14.6 Å². The molecule has 1 saturated heterocycles. The molecular formula is C19H22FNO2. The van der Waals surface area contributed by atoms with Gasteiger partial charge in [0.2, 0.25) is 0 Å². The summed E-state index contributed by atoms with van der Waals surface area (Å²) in [5.74, 6) is -0.00285. The maximum atomic E-state index is 13.0. The van der Waals surface area contributed by atoms with E-state index in [2.05, 4.69) is 4.90 Å². The Morgan fingerprint density at radius 1 is 1.17 bits per heavy atom. The molecule has 4 heteroatoms. The van der Waals surface area contributed by atoms with Crippen LogP contribution in [0.2, 0.25) is 0 Å². The largest absolute Gasteiger partial charge is 0.508 e. The van der Waals surface area contributed by atoms with E-state index < -0.39 is 6.10 Å². The van der Waals surface area contributed by atoms with Crippen molar-refractivity contribution in [3.63, 3.8) is 0 Å². The molecule has 1 aliphatic rings. The van der Waals surface area contributed by atoms with Gasteiger partial charge in [-0.05, 0) is 61.2 Å². The van der Waals surface area contributed by atoms with Crippen LogP contribution in [0.25, 0.3) is 0 Å². The summed E-state index contributed by atoms with van der Waals surface area (Å²) in [4.78, 5) is 2.35. The highest BCUT2D eigenvalue weighted by Crippen LogP contribution is 2.29. The first-order valence-electron chi connectivity index (χ1n) is 8.07. The summed E-state index contributed by atoms with van der Waals surface area (Å²) in [7, 11) is 0. The standard InChI is InChI=1S/C19H22FNO2/c20-16-8-6-15(7-9-16)19(23)12-17-4-2-10-21(17)13-14-3-1-5-18(22)11-14/h1,3,5-9,11,17,19,22-23H,2,4,10,12-13H2. The zero-order chi connectivity index (χ0) is 16.2. The second-order valence-electron chi connectivity index (χ2n) is 6.24. The van der Waals surface area contributed by atoms with Crippen molar-refractivity contribution in [3.8, 4) is 5.75 Å². The molecule has 1 heterocycles. The average molecular weight is 315 g/mol. The Morgan fingerprint density at radius 2 is 1.96 bits per heavy atom. The molecule has 2 aromatic carbocycles. The van der Waals surface area contributed by atoms with Gasteiger partial charge in [0, 0.05) is 12.6 Å². The number of halogens is 1. The monoisotopic (exact) mass is 315 g/mol. The highest BCUT2D eigenvalue weighted by Gasteiger charge is 2.27. The molecule has 0 spiro atoms. The Labute approximate surface area is 136 Å². The summed E-state index contributed by atoms with van der Waals surface area (Å²) in [6, 6.07) is 13.7. The van der Waals surface area contributed by atoms with E-state index in [0.717, 1.165) is 37.1 Å². The number of aliphatic hydroxyl groups excluding tert-OH is 1. The third-order valence-electron chi connectivity index (χ3n) is 4.55. The van der Waals surface area contributed by atoms with E-state index in [4.69, 9.17) is 0 Å². The molecule has 0 aromatic heterocycles. The van der Waals surface area contributed by atoms with Crippen molar-refractivity contribution in [1.82, 2.24) is 4.90 Å². The summed E-state index contributed by atoms with van der Waals surface area (Å²) >= 11 is 0. The molecule has 3 nitrogen and oxygen atoms in total. The fraction of sp³-hybridized carbons (Fsp3) is 0.368. The molecule has 0 aliphatic carbocycles. The fourth-order valence-electron chi connectivity index (χ4n) is 3.34. The highest BCUT2D eigenvalue weighted by atomic mass is 19.1. The second-order valence-corrected chi connectivity index (χ2v) is 6.24. The number of aromatic hydroxyl groups is 1. The van der Waals surface area contributed by atoms with Crippen LogP contribution < -0.4 is 0 Å². The molecule has 2 atom stereocenters. The Bertz CT molecular complexity index is 644. The van der Waals surface area contributed by atoms with Gasteiger partial charge in [-0.1, -0.05) is 24.3 Å².